The van der Waals surface area contributed by atoms with Gasteiger partial charge in [-0.3, -0.25) is 5.10 Å². The average Bonchev–Trinajstić information content (AvgIpc) is 3.25. The van der Waals surface area contributed by atoms with Gasteiger partial charge in [0.25, 0.3) is 0 Å². The van der Waals surface area contributed by atoms with Crippen LogP contribution in [0.5, 0.6) is 0 Å². The van der Waals surface area contributed by atoms with Crippen molar-refractivity contribution in [3.05, 3.63) is 35.9 Å². The third-order valence-electron chi connectivity index (χ3n) is 3.98. The maximum absolute atomic E-state index is 5.56. The molecule has 0 radical (unpaired) electrons. The fraction of sp³-hybridized carbons (Fsp3) is 0.357. The minimum Gasteiger partial charge on any atom is -0.380 e. The zero-order chi connectivity index (χ0) is 14.2. The van der Waals surface area contributed by atoms with Crippen LogP contribution in [0.4, 0.5) is 5.82 Å². The molecule has 2 atom stereocenters. The molecule has 0 spiro atoms. The Kier molecular flexibility index (Phi) is 3.08. The van der Waals surface area contributed by atoms with Gasteiger partial charge in [-0.1, -0.05) is 0 Å². The summed E-state index contributed by atoms with van der Waals surface area (Å²) in [4.78, 5) is 11.2. The van der Waals surface area contributed by atoms with E-state index in [1.54, 1.807) is 24.8 Å². The van der Waals surface area contributed by atoms with Crippen molar-refractivity contribution in [3.63, 3.8) is 0 Å². The molecule has 0 saturated carbocycles. The Morgan fingerprint density at radius 3 is 3.14 bits per heavy atom. The van der Waals surface area contributed by atoms with Crippen molar-refractivity contribution >= 4 is 27.2 Å². The number of rotatable bonds is 3. The summed E-state index contributed by atoms with van der Waals surface area (Å²) in [6, 6.07) is 4.30. The van der Waals surface area contributed by atoms with Gasteiger partial charge in [-0.15, -0.1) is 11.3 Å². The van der Waals surface area contributed by atoms with Gasteiger partial charge < -0.3 is 9.64 Å². The number of nitrogens with zero attached hydrogens (tertiary/aromatic N) is 4. The van der Waals surface area contributed by atoms with Crippen LogP contribution in [0, 0.1) is 0 Å². The van der Waals surface area contributed by atoms with Gasteiger partial charge >= 0.3 is 0 Å². The van der Waals surface area contributed by atoms with Gasteiger partial charge in [0.05, 0.1) is 12.1 Å². The quantitative estimate of drug-likeness (QED) is 0.804. The molecule has 4 rings (SSSR count). The van der Waals surface area contributed by atoms with Gasteiger partial charge in [0.2, 0.25) is 0 Å². The molecule has 6 nitrogen and oxygen atoms in total. The lowest BCUT2D eigenvalue weighted by Gasteiger charge is -2.24. The summed E-state index contributed by atoms with van der Waals surface area (Å²) in [6.07, 6.45) is 4.47. The third-order valence-corrected chi connectivity index (χ3v) is 4.86. The summed E-state index contributed by atoms with van der Waals surface area (Å²) in [5, 5.41) is 10.2. The van der Waals surface area contributed by atoms with Crippen LogP contribution in [0.3, 0.4) is 0 Å². The fourth-order valence-electron chi connectivity index (χ4n) is 2.95. The summed E-state index contributed by atoms with van der Waals surface area (Å²) < 4.78 is 6.80. The van der Waals surface area contributed by atoms with Crippen LogP contribution in [0.15, 0.2) is 30.0 Å². The van der Waals surface area contributed by atoms with Gasteiger partial charge in [-0.25, -0.2) is 9.97 Å². The van der Waals surface area contributed by atoms with E-state index in [0.717, 1.165) is 24.6 Å². The molecule has 0 bridgehead atoms. The van der Waals surface area contributed by atoms with E-state index in [1.165, 1.54) is 10.1 Å². The number of methoxy groups -OCH3 is 1. The van der Waals surface area contributed by atoms with E-state index in [9.17, 15) is 0 Å². The van der Waals surface area contributed by atoms with Gasteiger partial charge in [0, 0.05) is 36.4 Å². The van der Waals surface area contributed by atoms with E-state index in [-0.39, 0.29) is 12.1 Å². The van der Waals surface area contributed by atoms with E-state index in [2.05, 4.69) is 42.6 Å². The standard InChI is InChI=1S/C14H15N5OS/c1-20-9-6-11(13-16-8-17-18-13)19(7-9)14-10-3-5-21-12(10)2-4-15-14/h2-5,8-9,11H,6-7H2,1H3,(H,16,17,18)/t9-,11+/m1/s1. The van der Waals surface area contributed by atoms with Crippen molar-refractivity contribution in [2.75, 3.05) is 18.6 Å². The molecule has 1 aliphatic heterocycles. The number of hydrogen-bond acceptors (Lipinski definition) is 6. The second-order valence-corrected chi connectivity index (χ2v) is 6.05. The first-order valence-corrected chi connectivity index (χ1v) is 7.71. The molecule has 3 aromatic rings. The number of aromatic nitrogens is 4. The van der Waals surface area contributed by atoms with Gasteiger partial charge in [0.15, 0.2) is 0 Å². The Morgan fingerprint density at radius 1 is 1.38 bits per heavy atom. The van der Waals surface area contributed by atoms with Crippen molar-refractivity contribution < 1.29 is 4.74 Å². The summed E-state index contributed by atoms with van der Waals surface area (Å²) in [6.45, 7) is 0.809. The molecule has 1 N–H and O–H groups in total. The van der Waals surface area contributed by atoms with E-state index in [4.69, 9.17) is 4.74 Å². The summed E-state index contributed by atoms with van der Waals surface area (Å²) >= 11 is 1.73. The van der Waals surface area contributed by atoms with E-state index >= 15 is 0 Å². The lowest BCUT2D eigenvalue weighted by atomic mass is 10.2. The molecule has 1 aliphatic rings. The van der Waals surface area contributed by atoms with E-state index in [0.29, 0.717) is 0 Å². The second kappa shape index (κ2) is 5.09. The molecule has 0 amide bonds. The largest absolute Gasteiger partial charge is 0.380 e. The number of pyridine rings is 1. The highest BCUT2D eigenvalue weighted by Crippen LogP contribution is 2.38. The normalized spacial score (nSPS) is 22.2. The number of H-pyrrole nitrogens is 1. The van der Waals surface area contributed by atoms with Crippen LogP contribution in [-0.4, -0.2) is 39.9 Å². The highest BCUT2D eigenvalue weighted by Gasteiger charge is 2.36. The van der Waals surface area contributed by atoms with Gasteiger partial charge in [-0.05, 0) is 17.5 Å². The van der Waals surface area contributed by atoms with E-state index < -0.39 is 0 Å². The fourth-order valence-corrected chi connectivity index (χ4v) is 3.72. The smallest absolute Gasteiger partial charge is 0.147 e. The molecule has 1 saturated heterocycles. The van der Waals surface area contributed by atoms with Crippen LogP contribution < -0.4 is 4.90 Å². The number of aromatic amines is 1. The first-order valence-electron chi connectivity index (χ1n) is 6.83. The molecule has 0 unspecified atom stereocenters. The van der Waals surface area contributed by atoms with E-state index in [1.807, 2.05) is 6.20 Å². The van der Waals surface area contributed by atoms with Crippen LogP contribution in [0.1, 0.15) is 18.3 Å². The minimum absolute atomic E-state index is 0.121. The highest BCUT2D eigenvalue weighted by atomic mass is 32.1. The van der Waals surface area contributed by atoms with Crippen LogP contribution in [0.2, 0.25) is 0 Å². The molecule has 0 aliphatic carbocycles. The Labute approximate surface area is 125 Å². The zero-order valence-corrected chi connectivity index (χ0v) is 12.4. The van der Waals surface area contributed by atoms with Crippen molar-refractivity contribution in [1.82, 2.24) is 20.2 Å². The number of thiophene rings is 1. The van der Waals surface area contributed by atoms with Crippen LogP contribution in [0.25, 0.3) is 10.1 Å². The molecular weight excluding hydrogens is 286 g/mol. The maximum Gasteiger partial charge on any atom is 0.147 e. The molecule has 3 aromatic heterocycles. The Bertz CT molecular complexity index is 741. The first-order chi connectivity index (χ1) is 10.4. The zero-order valence-electron chi connectivity index (χ0n) is 11.6. The molecule has 4 heterocycles. The van der Waals surface area contributed by atoms with Gasteiger partial charge in [-0.2, -0.15) is 5.10 Å². The molecule has 7 heteroatoms. The summed E-state index contributed by atoms with van der Waals surface area (Å²) in [5.74, 6) is 1.86. The molecule has 1 fully saturated rings. The monoisotopic (exact) mass is 301 g/mol. The molecule has 21 heavy (non-hydrogen) atoms. The summed E-state index contributed by atoms with van der Waals surface area (Å²) in [5.41, 5.74) is 0. The van der Waals surface area contributed by atoms with Gasteiger partial charge in [0.1, 0.15) is 18.0 Å². The lowest BCUT2D eigenvalue weighted by molar-refractivity contribution is 0.118. The van der Waals surface area contributed by atoms with Crippen molar-refractivity contribution in [1.29, 1.82) is 0 Å². The number of anilines is 1. The molecule has 0 aromatic carbocycles. The highest BCUT2D eigenvalue weighted by molar-refractivity contribution is 7.17. The first kappa shape index (κ1) is 12.7. The van der Waals surface area contributed by atoms with Crippen LogP contribution >= 0.6 is 11.3 Å². The predicted octanol–water partition coefficient (Wildman–Crippen LogP) is 2.38. The Balaban J connectivity index is 1.79. The van der Waals surface area contributed by atoms with Crippen LogP contribution in [-0.2, 0) is 4.74 Å². The van der Waals surface area contributed by atoms with Crippen molar-refractivity contribution in [2.24, 2.45) is 0 Å². The SMILES string of the molecule is CO[C@@H]1C[C@@H](c2ncn[nH]2)N(c2nccc3sccc23)C1. The van der Waals surface area contributed by atoms with Crippen molar-refractivity contribution in [2.45, 2.75) is 18.6 Å². The number of fused-ring (bicyclic) bond motifs is 1. The second-order valence-electron chi connectivity index (χ2n) is 5.10. The lowest BCUT2D eigenvalue weighted by Crippen LogP contribution is -2.26. The molecular formula is C14H15N5OS. The Morgan fingerprint density at radius 2 is 2.33 bits per heavy atom. The minimum atomic E-state index is 0.121. The third kappa shape index (κ3) is 2.09. The van der Waals surface area contributed by atoms with Crippen molar-refractivity contribution in [3.8, 4) is 0 Å². The molecule has 108 valence electrons. The predicted molar refractivity (Wildman–Crippen MR) is 81.5 cm³/mol. The average molecular weight is 301 g/mol. The summed E-state index contributed by atoms with van der Waals surface area (Å²) in [7, 11) is 1.75. The maximum atomic E-state index is 5.56. The number of ether oxygens (including phenoxy) is 1. The number of hydrogen-bond donors (Lipinski definition) is 1. The Hall–Kier alpha value is -1.99. The number of nitrogens with one attached hydrogen (secondary N) is 1. The topological polar surface area (TPSA) is 66.9 Å².